The Kier molecular flexibility index (Phi) is 6.37. The van der Waals surface area contributed by atoms with Gasteiger partial charge in [-0.2, -0.15) is 0 Å². The molecular formula is C19H21NO4. The van der Waals surface area contributed by atoms with Crippen molar-refractivity contribution in [3.05, 3.63) is 65.7 Å². The van der Waals surface area contributed by atoms with Gasteiger partial charge in [0.15, 0.2) is 0 Å². The molecule has 1 unspecified atom stereocenters. The zero-order valence-corrected chi connectivity index (χ0v) is 13.6. The molecule has 0 aliphatic carbocycles. The number of carbonyl (C=O) groups excluding carboxylic acids is 1. The maximum Gasteiger partial charge on any atom is 0.326 e. The fourth-order valence-electron chi connectivity index (χ4n) is 2.21. The molecule has 126 valence electrons. The average molecular weight is 327 g/mol. The highest BCUT2D eigenvalue weighted by Crippen LogP contribution is 2.14. The molecule has 0 aliphatic rings. The number of ether oxygens (including phenoxy) is 1. The molecule has 0 bridgehead atoms. The molecule has 2 N–H and O–H groups in total. The molecule has 0 aromatic heterocycles. The molecule has 0 saturated heterocycles. The Hall–Kier alpha value is -2.82. The zero-order valence-electron chi connectivity index (χ0n) is 13.6. The van der Waals surface area contributed by atoms with Gasteiger partial charge in [-0.05, 0) is 36.2 Å². The molecule has 5 heteroatoms. The van der Waals surface area contributed by atoms with E-state index >= 15 is 0 Å². The Morgan fingerprint density at radius 1 is 1.08 bits per heavy atom. The van der Waals surface area contributed by atoms with Crippen LogP contribution in [0.25, 0.3) is 0 Å². The van der Waals surface area contributed by atoms with Gasteiger partial charge in [-0.1, -0.05) is 37.3 Å². The van der Waals surface area contributed by atoms with Crippen molar-refractivity contribution in [1.82, 2.24) is 5.32 Å². The van der Waals surface area contributed by atoms with Crippen molar-refractivity contribution in [1.29, 1.82) is 0 Å². The molecule has 1 atom stereocenters. The molecule has 0 heterocycles. The summed E-state index contributed by atoms with van der Waals surface area (Å²) in [4.78, 5) is 23.6. The summed E-state index contributed by atoms with van der Waals surface area (Å²) in [6.45, 7) is 2.67. The van der Waals surface area contributed by atoms with Gasteiger partial charge in [-0.15, -0.1) is 0 Å². The molecule has 2 aromatic rings. The molecule has 1 amide bonds. The van der Waals surface area contributed by atoms with Gasteiger partial charge in [-0.25, -0.2) is 4.79 Å². The molecule has 2 rings (SSSR count). The van der Waals surface area contributed by atoms with Crippen LogP contribution in [0.4, 0.5) is 0 Å². The summed E-state index contributed by atoms with van der Waals surface area (Å²) in [6, 6.07) is 14.8. The number of rotatable bonds is 8. The maximum atomic E-state index is 12.1. The average Bonchev–Trinajstić information content (AvgIpc) is 2.61. The van der Waals surface area contributed by atoms with E-state index in [0.29, 0.717) is 12.2 Å². The van der Waals surface area contributed by atoms with E-state index in [4.69, 9.17) is 4.74 Å². The number of amides is 1. The van der Waals surface area contributed by atoms with Crippen molar-refractivity contribution in [2.45, 2.75) is 25.8 Å². The number of carbonyl (C=O) groups is 2. The lowest BCUT2D eigenvalue weighted by atomic mass is 10.1. The second kappa shape index (κ2) is 8.72. The zero-order chi connectivity index (χ0) is 17.4. The minimum Gasteiger partial charge on any atom is -0.494 e. The topological polar surface area (TPSA) is 75.6 Å². The summed E-state index contributed by atoms with van der Waals surface area (Å²) in [7, 11) is 0. The monoisotopic (exact) mass is 327 g/mol. The first-order chi connectivity index (χ1) is 11.6. The van der Waals surface area contributed by atoms with Gasteiger partial charge in [0.05, 0.1) is 6.61 Å². The number of hydrogen-bond donors (Lipinski definition) is 2. The Morgan fingerprint density at radius 2 is 1.75 bits per heavy atom. The summed E-state index contributed by atoms with van der Waals surface area (Å²) in [5.41, 5.74) is 1.26. The minimum absolute atomic E-state index is 0.210. The lowest BCUT2D eigenvalue weighted by Crippen LogP contribution is -2.42. The second-order valence-electron chi connectivity index (χ2n) is 5.43. The Morgan fingerprint density at radius 3 is 2.33 bits per heavy atom. The Labute approximate surface area is 141 Å². The van der Waals surface area contributed by atoms with E-state index in [0.717, 1.165) is 17.7 Å². The van der Waals surface area contributed by atoms with Gasteiger partial charge in [0.2, 0.25) is 0 Å². The van der Waals surface area contributed by atoms with Crippen LogP contribution in [0, 0.1) is 0 Å². The van der Waals surface area contributed by atoms with Crippen LogP contribution < -0.4 is 10.1 Å². The highest BCUT2D eigenvalue weighted by Gasteiger charge is 2.21. The van der Waals surface area contributed by atoms with Crippen molar-refractivity contribution in [2.75, 3.05) is 6.61 Å². The normalized spacial score (nSPS) is 11.5. The highest BCUT2D eigenvalue weighted by atomic mass is 16.5. The summed E-state index contributed by atoms with van der Waals surface area (Å²) < 4.78 is 5.50. The van der Waals surface area contributed by atoms with Gasteiger partial charge in [0.25, 0.3) is 5.91 Å². The van der Waals surface area contributed by atoms with Gasteiger partial charge in [0.1, 0.15) is 11.8 Å². The minimum atomic E-state index is -1.06. The lowest BCUT2D eigenvalue weighted by molar-refractivity contribution is -0.139. The first-order valence-corrected chi connectivity index (χ1v) is 7.90. The van der Waals surface area contributed by atoms with E-state index in [-0.39, 0.29) is 6.42 Å². The molecule has 0 fully saturated rings. The highest BCUT2D eigenvalue weighted by molar-refractivity contribution is 5.96. The van der Waals surface area contributed by atoms with E-state index in [1.807, 2.05) is 31.2 Å². The third-order valence-corrected chi connectivity index (χ3v) is 3.48. The molecule has 0 aliphatic heterocycles. The number of carboxylic acids is 1. The van der Waals surface area contributed by atoms with Crippen LogP contribution in [0.15, 0.2) is 54.6 Å². The van der Waals surface area contributed by atoms with Crippen molar-refractivity contribution in [2.24, 2.45) is 0 Å². The predicted octanol–water partition coefficient (Wildman–Crippen LogP) is 2.90. The third-order valence-electron chi connectivity index (χ3n) is 3.48. The lowest BCUT2D eigenvalue weighted by Gasteiger charge is -2.15. The summed E-state index contributed by atoms with van der Waals surface area (Å²) >= 11 is 0. The largest absolute Gasteiger partial charge is 0.494 e. The molecule has 0 radical (unpaired) electrons. The first kappa shape index (κ1) is 17.5. The SMILES string of the molecule is CCCOc1ccc(CC(NC(=O)c2ccccc2)C(=O)O)cc1. The van der Waals surface area contributed by atoms with E-state index in [9.17, 15) is 14.7 Å². The fourth-order valence-corrected chi connectivity index (χ4v) is 2.21. The molecular weight excluding hydrogens is 306 g/mol. The molecule has 5 nitrogen and oxygen atoms in total. The van der Waals surface area contributed by atoms with Crippen LogP contribution in [0.1, 0.15) is 29.3 Å². The number of aliphatic carboxylic acids is 1. The van der Waals surface area contributed by atoms with Crippen LogP contribution in [-0.4, -0.2) is 29.6 Å². The quantitative estimate of drug-likeness (QED) is 0.782. The summed E-state index contributed by atoms with van der Waals surface area (Å²) in [6.07, 6.45) is 1.14. The van der Waals surface area contributed by atoms with Gasteiger partial charge >= 0.3 is 5.97 Å². The van der Waals surface area contributed by atoms with Crippen LogP contribution >= 0.6 is 0 Å². The van der Waals surface area contributed by atoms with Crippen molar-refractivity contribution in [3.8, 4) is 5.75 Å². The number of carboxylic acid groups (broad SMARTS) is 1. The van der Waals surface area contributed by atoms with E-state index in [1.54, 1.807) is 30.3 Å². The smallest absolute Gasteiger partial charge is 0.326 e. The standard InChI is InChI=1S/C19H21NO4/c1-2-12-24-16-10-8-14(9-11-16)13-17(19(22)23)20-18(21)15-6-4-3-5-7-15/h3-11,17H,2,12-13H2,1H3,(H,20,21)(H,22,23). The molecule has 0 spiro atoms. The number of benzene rings is 2. The maximum absolute atomic E-state index is 12.1. The first-order valence-electron chi connectivity index (χ1n) is 7.90. The van der Waals surface area contributed by atoms with Crippen LogP contribution in [-0.2, 0) is 11.2 Å². The third kappa shape index (κ3) is 5.12. The Balaban J connectivity index is 2.00. The summed E-state index contributed by atoms with van der Waals surface area (Å²) in [5, 5.41) is 11.9. The van der Waals surface area contributed by atoms with E-state index < -0.39 is 17.9 Å². The van der Waals surface area contributed by atoms with Crippen molar-refractivity contribution < 1.29 is 19.4 Å². The van der Waals surface area contributed by atoms with E-state index in [2.05, 4.69) is 5.32 Å². The molecule has 2 aromatic carbocycles. The van der Waals surface area contributed by atoms with Gasteiger partial charge in [0, 0.05) is 12.0 Å². The van der Waals surface area contributed by atoms with E-state index in [1.165, 1.54) is 0 Å². The number of hydrogen-bond acceptors (Lipinski definition) is 3. The number of nitrogens with one attached hydrogen (secondary N) is 1. The summed E-state index contributed by atoms with van der Waals surface area (Å²) in [5.74, 6) is -0.711. The van der Waals surface area contributed by atoms with Crippen LogP contribution in [0.2, 0.25) is 0 Å². The molecule has 24 heavy (non-hydrogen) atoms. The molecule has 0 saturated carbocycles. The van der Waals surface area contributed by atoms with Crippen LogP contribution in [0.3, 0.4) is 0 Å². The van der Waals surface area contributed by atoms with Gasteiger partial charge < -0.3 is 15.2 Å². The van der Waals surface area contributed by atoms with Crippen LogP contribution in [0.5, 0.6) is 5.75 Å². The predicted molar refractivity (Wildman–Crippen MR) is 91.3 cm³/mol. The van der Waals surface area contributed by atoms with Crippen molar-refractivity contribution >= 4 is 11.9 Å². The van der Waals surface area contributed by atoms with Crippen molar-refractivity contribution in [3.63, 3.8) is 0 Å². The van der Waals surface area contributed by atoms with Gasteiger partial charge in [-0.3, -0.25) is 4.79 Å². The fraction of sp³-hybridized carbons (Fsp3) is 0.263. The second-order valence-corrected chi connectivity index (χ2v) is 5.43. The Bertz CT molecular complexity index is 668.